The summed E-state index contributed by atoms with van der Waals surface area (Å²) in [6.07, 6.45) is 0.145. The Labute approximate surface area is 93.4 Å². The van der Waals surface area contributed by atoms with Crippen LogP contribution in [0.15, 0.2) is 18.2 Å². The predicted molar refractivity (Wildman–Crippen MR) is 55.8 cm³/mol. The van der Waals surface area contributed by atoms with E-state index in [0.717, 1.165) is 18.2 Å². The zero-order valence-electron chi connectivity index (χ0n) is 7.57. The number of nitro groups is 1. The maximum atomic E-state index is 12.7. The quantitative estimate of drug-likeness (QED) is 0.367. The van der Waals surface area contributed by atoms with E-state index in [1.807, 2.05) is 0 Å². The van der Waals surface area contributed by atoms with Crippen LogP contribution in [0.25, 0.3) is 0 Å². The van der Waals surface area contributed by atoms with Crippen molar-refractivity contribution < 1.29 is 14.1 Å². The predicted octanol–water partition coefficient (Wildman–Crippen LogP) is 2.70. The molecule has 0 atom stereocenters. The molecule has 1 rings (SSSR count). The van der Waals surface area contributed by atoms with Crippen LogP contribution >= 0.6 is 15.9 Å². The summed E-state index contributed by atoms with van der Waals surface area (Å²) >= 11 is 3.06. The lowest BCUT2D eigenvalue weighted by Gasteiger charge is -2.00. The van der Waals surface area contributed by atoms with Gasteiger partial charge in [0.05, 0.1) is 16.6 Å². The molecule has 15 heavy (non-hydrogen) atoms. The van der Waals surface area contributed by atoms with E-state index in [4.69, 9.17) is 0 Å². The molecule has 0 heterocycles. The summed E-state index contributed by atoms with van der Waals surface area (Å²) in [6.45, 7) is 0. The molecule has 0 saturated heterocycles. The Kier molecular flexibility index (Phi) is 3.90. The number of hydrogen-bond acceptors (Lipinski definition) is 3. The topological polar surface area (TPSA) is 60.2 Å². The molecule has 80 valence electrons. The third-order valence-electron chi connectivity index (χ3n) is 1.78. The van der Waals surface area contributed by atoms with Gasteiger partial charge in [0.25, 0.3) is 5.69 Å². The summed E-state index contributed by atoms with van der Waals surface area (Å²) in [7, 11) is 0. The van der Waals surface area contributed by atoms with Gasteiger partial charge < -0.3 is 0 Å². The number of hydrogen-bond donors (Lipinski definition) is 0. The highest BCUT2D eigenvalue weighted by Gasteiger charge is 2.19. The Hall–Kier alpha value is -1.30. The highest BCUT2D eigenvalue weighted by atomic mass is 79.9. The summed E-state index contributed by atoms with van der Waals surface area (Å²) < 4.78 is 12.7. The lowest BCUT2D eigenvalue weighted by Crippen LogP contribution is -2.04. The first-order valence-corrected chi connectivity index (χ1v) is 5.21. The lowest BCUT2D eigenvalue weighted by molar-refractivity contribution is -0.385. The summed E-state index contributed by atoms with van der Waals surface area (Å²) in [6, 6.07) is 2.92. The number of benzene rings is 1. The van der Waals surface area contributed by atoms with Crippen molar-refractivity contribution in [2.45, 2.75) is 6.42 Å². The van der Waals surface area contributed by atoms with Crippen LogP contribution in [-0.4, -0.2) is 16.0 Å². The molecule has 0 saturated carbocycles. The van der Waals surface area contributed by atoms with E-state index in [1.54, 1.807) is 0 Å². The van der Waals surface area contributed by atoms with Crippen molar-refractivity contribution in [2.24, 2.45) is 0 Å². The third kappa shape index (κ3) is 2.82. The summed E-state index contributed by atoms with van der Waals surface area (Å²) in [4.78, 5) is 21.2. The van der Waals surface area contributed by atoms with Gasteiger partial charge in [-0.1, -0.05) is 15.9 Å². The van der Waals surface area contributed by atoms with Gasteiger partial charge in [-0.05, 0) is 12.1 Å². The highest BCUT2D eigenvalue weighted by Crippen LogP contribution is 2.21. The van der Waals surface area contributed by atoms with Gasteiger partial charge >= 0.3 is 0 Å². The number of ketones is 1. The molecule has 0 amide bonds. The smallest absolute Gasteiger partial charge is 0.283 e. The largest absolute Gasteiger partial charge is 0.294 e. The average Bonchev–Trinajstić information content (AvgIpc) is 2.17. The lowest BCUT2D eigenvalue weighted by atomic mass is 10.1. The van der Waals surface area contributed by atoms with Crippen LogP contribution in [0.5, 0.6) is 0 Å². The number of nitro benzene ring substituents is 1. The minimum absolute atomic E-state index is 0.0548. The van der Waals surface area contributed by atoms with Crippen molar-refractivity contribution in [3.63, 3.8) is 0 Å². The fraction of sp³-hybridized carbons (Fsp3) is 0.222. The van der Waals surface area contributed by atoms with E-state index in [0.29, 0.717) is 5.33 Å². The molecule has 0 aromatic heterocycles. The Morgan fingerprint density at radius 1 is 1.53 bits per heavy atom. The molecule has 1 aromatic carbocycles. The Balaban J connectivity index is 3.17. The minimum Gasteiger partial charge on any atom is -0.294 e. The molecule has 4 nitrogen and oxygen atoms in total. The number of halogens is 2. The minimum atomic E-state index is -0.759. The molecule has 0 bridgehead atoms. The first kappa shape index (κ1) is 11.8. The third-order valence-corrected chi connectivity index (χ3v) is 2.17. The van der Waals surface area contributed by atoms with Crippen LogP contribution in [0.3, 0.4) is 0 Å². The van der Waals surface area contributed by atoms with Crippen LogP contribution in [0.1, 0.15) is 16.8 Å². The van der Waals surface area contributed by atoms with Crippen molar-refractivity contribution in [3.05, 3.63) is 39.7 Å². The van der Waals surface area contributed by atoms with Crippen LogP contribution in [0, 0.1) is 15.9 Å². The molecule has 0 N–H and O–H groups in total. The molecule has 6 heteroatoms. The molecular weight excluding hydrogens is 269 g/mol. The second-order valence-electron chi connectivity index (χ2n) is 2.78. The zero-order valence-corrected chi connectivity index (χ0v) is 9.16. The fourth-order valence-corrected chi connectivity index (χ4v) is 1.47. The van der Waals surface area contributed by atoms with Gasteiger partial charge in [-0.25, -0.2) is 4.39 Å². The summed E-state index contributed by atoms with van der Waals surface area (Å²) in [5.41, 5.74) is -0.540. The van der Waals surface area contributed by atoms with E-state index in [9.17, 15) is 19.3 Å². The molecule has 0 radical (unpaired) electrons. The van der Waals surface area contributed by atoms with Gasteiger partial charge in [-0.15, -0.1) is 0 Å². The second-order valence-corrected chi connectivity index (χ2v) is 3.57. The zero-order chi connectivity index (χ0) is 11.4. The maximum Gasteiger partial charge on any atom is 0.283 e. The van der Waals surface area contributed by atoms with Crippen molar-refractivity contribution >= 4 is 27.4 Å². The number of carbonyl (C=O) groups excluding carboxylic acids is 1. The van der Waals surface area contributed by atoms with E-state index >= 15 is 0 Å². The molecule has 0 aliphatic heterocycles. The molecular formula is C9H7BrFNO3. The highest BCUT2D eigenvalue weighted by molar-refractivity contribution is 9.09. The van der Waals surface area contributed by atoms with Crippen LogP contribution < -0.4 is 0 Å². The first-order chi connectivity index (χ1) is 7.06. The molecule has 0 spiro atoms. The van der Waals surface area contributed by atoms with Gasteiger partial charge in [0.15, 0.2) is 5.78 Å². The van der Waals surface area contributed by atoms with Crippen molar-refractivity contribution in [1.82, 2.24) is 0 Å². The molecule has 0 fully saturated rings. The number of carbonyl (C=O) groups is 1. The molecule has 0 unspecified atom stereocenters. The van der Waals surface area contributed by atoms with Crippen LogP contribution in [0.4, 0.5) is 10.1 Å². The molecule has 1 aromatic rings. The summed E-state index contributed by atoms with van der Waals surface area (Å²) in [5, 5.41) is 11.0. The van der Waals surface area contributed by atoms with Crippen LogP contribution in [0.2, 0.25) is 0 Å². The Morgan fingerprint density at radius 3 is 2.73 bits per heavy atom. The van der Waals surface area contributed by atoms with E-state index < -0.39 is 16.4 Å². The summed E-state index contributed by atoms with van der Waals surface area (Å²) in [5.74, 6) is -1.10. The van der Waals surface area contributed by atoms with Gasteiger partial charge in [0.1, 0.15) is 5.82 Å². The van der Waals surface area contributed by atoms with Gasteiger partial charge in [0, 0.05) is 11.8 Å². The van der Waals surface area contributed by atoms with Crippen LogP contribution in [-0.2, 0) is 0 Å². The monoisotopic (exact) mass is 275 g/mol. The SMILES string of the molecule is O=C(CCBr)c1ccc(F)cc1[N+](=O)[O-]. The van der Waals surface area contributed by atoms with Gasteiger partial charge in [-0.3, -0.25) is 14.9 Å². The van der Waals surface area contributed by atoms with Crippen molar-refractivity contribution in [1.29, 1.82) is 0 Å². The number of rotatable bonds is 4. The Morgan fingerprint density at radius 2 is 2.20 bits per heavy atom. The normalized spacial score (nSPS) is 10.0. The standard InChI is InChI=1S/C9H7BrFNO3/c10-4-3-9(13)7-2-1-6(11)5-8(7)12(14)15/h1-2,5H,3-4H2. The second kappa shape index (κ2) is 4.97. The van der Waals surface area contributed by atoms with Crippen molar-refractivity contribution in [3.8, 4) is 0 Å². The number of Topliss-reactive ketones (excluding diaryl/α,β-unsaturated/α-hetero) is 1. The van der Waals surface area contributed by atoms with Gasteiger partial charge in [0.2, 0.25) is 0 Å². The first-order valence-electron chi connectivity index (χ1n) is 4.09. The van der Waals surface area contributed by atoms with E-state index in [1.165, 1.54) is 0 Å². The molecule has 0 aliphatic carbocycles. The Bertz CT molecular complexity index is 408. The van der Waals surface area contributed by atoms with Crippen molar-refractivity contribution in [2.75, 3.05) is 5.33 Å². The van der Waals surface area contributed by atoms with E-state index in [2.05, 4.69) is 15.9 Å². The maximum absolute atomic E-state index is 12.7. The van der Waals surface area contributed by atoms with E-state index in [-0.39, 0.29) is 17.8 Å². The number of alkyl halides is 1. The number of nitrogens with zero attached hydrogens (tertiary/aromatic N) is 1. The average molecular weight is 276 g/mol. The fourth-order valence-electron chi connectivity index (χ4n) is 1.11. The molecule has 0 aliphatic rings. The van der Waals surface area contributed by atoms with Gasteiger partial charge in [-0.2, -0.15) is 0 Å².